The number of carbonyl (C=O) groups is 2. The van der Waals surface area contributed by atoms with Crippen molar-refractivity contribution >= 4 is 64.1 Å². The number of rotatable bonds is 5. The fourth-order valence-corrected chi connectivity index (χ4v) is 3.04. The zero-order valence-electron chi connectivity index (χ0n) is 15.0. The molecule has 0 saturated heterocycles. The van der Waals surface area contributed by atoms with Gasteiger partial charge in [-0.3, -0.25) is 9.59 Å². The number of amides is 2. The Morgan fingerprint density at radius 3 is 1.48 bits per heavy atom. The predicted molar refractivity (Wildman–Crippen MR) is 120 cm³/mol. The average Bonchev–Trinajstić information content (AvgIpc) is 2.70. The lowest BCUT2D eigenvalue weighted by Gasteiger charge is -2.12. The first-order valence-electron chi connectivity index (χ1n) is 8.53. The maximum Gasteiger partial charge on any atom is 0.261 e. The van der Waals surface area contributed by atoms with Crippen LogP contribution in [0.25, 0.3) is 6.08 Å². The second-order valence-corrected chi connectivity index (χ2v) is 7.17. The fourth-order valence-electron chi connectivity index (χ4n) is 2.49. The standard InChI is InChI=1S/C22H15Cl3N2O2/c23-16-8-2-1-7-14(16)13-15(21(28)26-19-11-5-3-9-17(19)24)22(29)27-20-12-6-4-10-18(20)25/h1-13H,(H,26,28)(H,27,29). The summed E-state index contributed by atoms with van der Waals surface area (Å²) in [5.41, 5.74) is 1.13. The molecule has 0 saturated carbocycles. The van der Waals surface area contributed by atoms with Crippen molar-refractivity contribution in [3.8, 4) is 0 Å². The minimum Gasteiger partial charge on any atom is -0.320 e. The van der Waals surface area contributed by atoms with E-state index in [2.05, 4.69) is 10.6 Å². The van der Waals surface area contributed by atoms with Crippen LogP contribution in [0.4, 0.5) is 11.4 Å². The van der Waals surface area contributed by atoms with Crippen molar-refractivity contribution in [1.29, 1.82) is 0 Å². The second-order valence-electron chi connectivity index (χ2n) is 5.95. The summed E-state index contributed by atoms with van der Waals surface area (Å²) in [5.74, 6) is -1.27. The van der Waals surface area contributed by atoms with Crippen molar-refractivity contribution in [1.82, 2.24) is 0 Å². The third-order valence-electron chi connectivity index (χ3n) is 3.94. The van der Waals surface area contributed by atoms with Crippen molar-refractivity contribution in [2.75, 3.05) is 10.6 Å². The zero-order valence-corrected chi connectivity index (χ0v) is 17.2. The summed E-state index contributed by atoms with van der Waals surface area (Å²) in [6.45, 7) is 0. The van der Waals surface area contributed by atoms with Crippen molar-refractivity contribution in [2.24, 2.45) is 0 Å². The molecule has 146 valence electrons. The van der Waals surface area contributed by atoms with E-state index in [1.807, 2.05) is 0 Å². The molecule has 3 aromatic rings. The van der Waals surface area contributed by atoms with Gasteiger partial charge in [0.05, 0.1) is 21.4 Å². The molecule has 0 fully saturated rings. The third-order valence-corrected chi connectivity index (χ3v) is 4.94. The Balaban J connectivity index is 1.96. The SMILES string of the molecule is O=C(Nc1ccccc1Cl)C(=Cc1ccccc1Cl)C(=O)Nc1ccccc1Cl. The van der Waals surface area contributed by atoms with Crippen molar-refractivity contribution < 1.29 is 9.59 Å². The quantitative estimate of drug-likeness (QED) is 0.275. The van der Waals surface area contributed by atoms with Gasteiger partial charge in [-0.2, -0.15) is 0 Å². The van der Waals surface area contributed by atoms with Gasteiger partial charge in [-0.05, 0) is 42.0 Å². The van der Waals surface area contributed by atoms with Gasteiger partial charge in [0.25, 0.3) is 11.8 Å². The molecule has 3 rings (SSSR count). The van der Waals surface area contributed by atoms with Gasteiger partial charge >= 0.3 is 0 Å². The lowest BCUT2D eigenvalue weighted by atomic mass is 10.1. The van der Waals surface area contributed by atoms with Crippen LogP contribution in [0.15, 0.2) is 78.4 Å². The molecule has 29 heavy (non-hydrogen) atoms. The number of anilines is 2. The summed E-state index contributed by atoms with van der Waals surface area (Å²) in [7, 11) is 0. The highest BCUT2D eigenvalue weighted by molar-refractivity contribution is 6.37. The first-order valence-corrected chi connectivity index (χ1v) is 9.67. The Labute approximate surface area is 183 Å². The van der Waals surface area contributed by atoms with Gasteiger partial charge in [-0.25, -0.2) is 0 Å². The molecule has 7 heteroatoms. The van der Waals surface area contributed by atoms with E-state index in [0.717, 1.165) is 0 Å². The molecule has 4 nitrogen and oxygen atoms in total. The van der Waals surface area contributed by atoms with E-state index in [1.54, 1.807) is 72.8 Å². The second kappa shape index (κ2) is 9.61. The van der Waals surface area contributed by atoms with Crippen molar-refractivity contribution in [3.05, 3.63) is 99.0 Å². The average molecular weight is 446 g/mol. The molecular weight excluding hydrogens is 431 g/mol. The number of hydrogen-bond acceptors (Lipinski definition) is 2. The van der Waals surface area contributed by atoms with Gasteiger partial charge in [0.2, 0.25) is 0 Å². The van der Waals surface area contributed by atoms with E-state index in [0.29, 0.717) is 32.0 Å². The van der Waals surface area contributed by atoms with Crippen LogP contribution in [0.2, 0.25) is 15.1 Å². The Bertz CT molecular complexity index is 1040. The van der Waals surface area contributed by atoms with Gasteiger partial charge in [0.1, 0.15) is 5.57 Å². The molecule has 2 N–H and O–H groups in total. The molecule has 0 spiro atoms. The van der Waals surface area contributed by atoms with Crippen LogP contribution in [-0.2, 0) is 9.59 Å². The largest absolute Gasteiger partial charge is 0.320 e. The maximum atomic E-state index is 12.9. The number of para-hydroxylation sites is 2. The number of halogens is 3. The van der Waals surface area contributed by atoms with Crippen LogP contribution < -0.4 is 10.6 Å². The van der Waals surface area contributed by atoms with E-state index in [1.165, 1.54) is 6.08 Å². The topological polar surface area (TPSA) is 58.2 Å². The number of benzene rings is 3. The lowest BCUT2D eigenvalue weighted by molar-refractivity contribution is -0.118. The third kappa shape index (κ3) is 5.39. The summed E-state index contributed by atoms with van der Waals surface area (Å²) in [4.78, 5) is 25.8. The Morgan fingerprint density at radius 1 is 0.621 bits per heavy atom. The van der Waals surface area contributed by atoms with E-state index in [4.69, 9.17) is 34.8 Å². The molecular formula is C22H15Cl3N2O2. The lowest BCUT2D eigenvalue weighted by Crippen LogP contribution is -2.25. The summed E-state index contributed by atoms with van der Waals surface area (Å²) >= 11 is 18.4. The normalized spacial score (nSPS) is 10.2. The van der Waals surface area contributed by atoms with Crippen LogP contribution in [-0.4, -0.2) is 11.8 Å². The van der Waals surface area contributed by atoms with Crippen molar-refractivity contribution in [3.63, 3.8) is 0 Å². The van der Waals surface area contributed by atoms with Gasteiger partial charge in [-0.1, -0.05) is 77.3 Å². The number of carbonyl (C=O) groups excluding carboxylic acids is 2. The smallest absolute Gasteiger partial charge is 0.261 e. The Hall–Kier alpha value is -2.79. The first kappa shape index (κ1) is 20.9. The minimum absolute atomic E-state index is 0.155. The summed E-state index contributed by atoms with van der Waals surface area (Å²) < 4.78 is 0. The van der Waals surface area contributed by atoms with Gasteiger partial charge < -0.3 is 10.6 Å². The van der Waals surface area contributed by atoms with Crippen LogP contribution >= 0.6 is 34.8 Å². The highest BCUT2D eigenvalue weighted by atomic mass is 35.5. The van der Waals surface area contributed by atoms with Crippen LogP contribution in [0.3, 0.4) is 0 Å². The summed E-state index contributed by atoms with van der Waals surface area (Å²) in [5, 5.41) is 6.42. The number of nitrogens with one attached hydrogen (secondary N) is 2. The van der Waals surface area contributed by atoms with Crippen LogP contribution in [0.5, 0.6) is 0 Å². The Kier molecular flexibility index (Phi) is 6.94. The molecule has 3 aromatic carbocycles. The van der Waals surface area contributed by atoms with E-state index < -0.39 is 11.8 Å². The Morgan fingerprint density at radius 2 is 1.03 bits per heavy atom. The molecule has 0 heterocycles. The van der Waals surface area contributed by atoms with E-state index >= 15 is 0 Å². The molecule has 0 aliphatic carbocycles. The van der Waals surface area contributed by atoms with Crippen molar-refractivity contribution in [2.45, 2.75) is 0 Å². The minimum atomic E-state index is -0.637. The molecule has 0 aromatic heterocycles. The van der Waals surface area contributed by atoms with E-state index in [9.17, 15) is 9.59 Å². The molecule has 2 amide bonds. The van der Waals surface area contributed by atoms with E-state index in [-0.39, 0.29) is 5.57 Å². The van der Waals surface area contributed by atoms with Gasteiger partial charge in [0.15, 0.2) is 0 Å². The zero-order chi connectivity index (χ0) is 20.8. The van der Waals surface area contributed by atoms with Crippen LogP contribution in [0, 0.1) is 0 Å². The monoisotopic (exact) mass is 444 g/mol. The molecule has 0 unspecified atom stereocenters. The molecule has 0 bridgehead atoms. The van der Waals surface area contributed by atoms with Gasteiger partial charge in [-0.15, -0.1) is 0 Å². The maximum absolute atomic E-state index is 12.9. The van der Waals surface area contributed by atoms with Crippen LogP contribution in [0.1, 0.15) is 5.56 Å². The molecule has 0 atom stereocenters. The molecule has 0 aliphatic rings. The van der Waals surface area contributed by atoms with Gasteiger partial charge in [0, 0.05) is 5.02 Å². The number of hydrogen-bond donors (Lipinski definition) is 2. The summed E-state index contributed by atoms with van der Waals surface area (Å²) in [6.07, 6.45) is 1.42. The molecule has 0 aliphatic heterocycles. The highest BCUT2D eigenvalue weighted by Crippen LogP contribution is 2.25. The fraction of sp³-hybridized carbons (Fsp3) is 0. The predicted octanol–water partition coefficient (Wildman–Crippen LogP) is 6.31. The first-order chi connectivity index (χ1) is 14.0. The highest BCUT2D eigenvalue weighted by Gasteiger charge is 2.21. The molecule has 0 radical (unpaired) electrons. The summed E-state index contributed by atoms with van der Waals surface area (Å²) in [6, 6.07) is 20.4.